The van der Waals surface area contributed by atoms with Crippen LogP contribution in [0.15, 0.2) is 24.3 Å². The first-order chi connectivity index (χ1) is 13.4. The Labute approximate surface area is 174 Å². The second kappa shape index (κ2) is 8.77. The fourth-order valence-electron chi connectivity index (χ4n) is 3.85. The summed E-state index contributed by atoms with van der Waals surface area (Å²) in [5.41, 5.74) is 4.02. The SMILES string of the molecule is CC[C@H](C)OP(=O)(C(=O)c1c(C)cc(C)cc1C)C(=O)c1c(C)cc(C)cc1C. The molecule has 0 saturated heterocycles. The third-order valence-corrected chi connectivity index (χ3v) is 7.39. The Morgan fingerprint density at radius 2 is 1.10 bits per heavy atom. The number of carbonyl (C=O) groups is 2. The van der Waals surface area contributed by atoms with E-state index in [1.807, 2.05) is 45.0 Å². The van der Waals surface area contributed by atoms with Gasteiger partial charge in [0.05, 0.1) is 6.10 Å². The molecular formula is C24H31O4P. The molecule has 0 spiro atoms. The Hall–Kier alpha value is -2.03. The van der Waals surface area contributed by atoms with E-state index in [0.717, 1.165) is 11.1 Å². The molecule has 0 aliphatic heterocycles. The van der Waals surface area contributed by atoms with Gasteiger partial charge in [-0.05, 0) is 77.1 Å². The van der Waals surface area contributed by atoms with E-state index >= 15 is 0 Å². The van der Waals surface area contributed by atoms with Gasteiger partial charge in [0.1, 0.15) is 0 Å². The van der Waals surface area contributed by atoms with Crippen LogP contribution in [0, 0.1) is 41.5 Å². The van der Waals surface area contributed by atoms with Gasteiger partial charge in [0, 0.05) is 11.1 Å². The zero-order valence-corrected chi connectivity index (χ0v) is 19.6. The molecular weight excluding hydrogens is 383 g/mol. The van der Waals surface area contributed by atoms with Crippen LogP contribution in [0.4, 0.5) is 0 Å². The summed E-state index contributed by atoms with van der Waals surface area (Å²) < 4.78 is 19.8. The fraction of sp³-hybridized carbons (Fsp3) is 0.417. The standard InChI is InChI=1S/C24H31O4P/c1-9-20(8)28-29(27,23(25)21-16(4)10-14(2)11-17(21)5)24(26)22-18(6)12-15(3)13-19(22)7/h10-13,20H,9H2,1-8H3/t20-/m0/s1. The van der Waals surface area contributed by atoms with E-state index in [-0.39, 0.29) is 0 Å². The van der Waals surface area contributed by atoms with Gasteiger partial charge in [-0.2, -0.15) is 0 Å². The third-order valence-electron chi connectivity index (χ3n) is 5.22. The maximum Gasteiger partial charge on any atom is 0.340 e. The Morgan fingerprint density at radius 3 is 1.38 bits per heavy atom. The molecule has 29 heavy (non-hydrogen) atoms. The highest BCUT2D eigenvalue weighted by Crippen LogP contribution is 2.55. The molecule has 2 aromatic rings. The van der Waals surface area contributed by atoms with Crippen molar-refractivity contribution in [3.8, 4) is 0 Å². The van der Waals surface area contributed by atoms with Crippen LogP contribution >= 0.6 is 7.37 Å². The van der Waals surface area contributed by atoms with Crippen molar-refractivity contribution >= 4 is 18.4 Å². The van der Waals surface area contributed by atoms with Crippen LogP contribution in [0.25, 0.3) is 0 Å². The first kappa shape index (κ1) is 23.3. The second-order valence-corrected chi connectivity index (χ2v) is 10.2. The topological polar surface area (TPSA) is 60.4 Å². The largest absolute Gasteiger partial charge is 0.340 e. The summed E-state index contributed by atoms with van der Waals surface area (Å²) >= 11 is 0. The molecule has 0 heterocycles. The lowest BCUT2D eigenvalue weighted by atomic mass is 10.0. The molecule has 0 unspecified atom stereocenters. The molecule has 1 atom stereocenters. The molecule has 4 nitrogen and oxygen atoms in total. The van der Waals surface area contributed by atoms with Crippen LogP contribution in [0.2, 0.25) is 0 Å². The summed E-state index contributed by atoms with van der Waals surface area (Å²) in [7, 11) is -4.33. The van der Waals surface area contributed by atoms with Crippen molar-refractivity contribution in [3.05, 3.63) is 68.8 Å². The predicted molar refractivity (Wildman–Crippen MR) is 118 cm³/mol. The molecule has 0 aliphatic rings. The van der Waals surface area contributed by atoms with E-state index in [1.165, 1.54) is 0 Å². The third kappa shape index (κ3) is 4.60. The van der Waals surface area contributed by atoms with Crippen LogP contribution in [-0.2, 0) is 9.09 Å². The van der Waals surface area contributed by atoms with Gasteiger partial charge in [0.25, 0.3) is 11.0 Å². The van der Waals surface area contributed by atoms with Crippen LogP contribution in [0.1, 0.15) is 74.4 Å². The van der Waals surface area contributed by atoms with Gasteiger partial charge < -0.3 is 4.52 Å². The summed E-state index contributed by atoms with van der Waals surface area (Å²) in [6.45, 7) is 14.7. The molecule has 0 aromatic heterocycles. The average molecular weight is 414 g/mol. The van der Waals surface area contributed by atoms with Crippen molar-refractivity contribution in [2.45, 2.75) is 67.9 Å². The summed E-state index contributed by atoms with van der Waals surface area (Å²) in [4.78, 5) is 27.1. The van der Waals surface area contributed by atoms with Crippen LogP contribution in [-0.4, -0.2) is 17.2 Å². The summed E-state index contributed by atoms with van der Waals surface area (Å²) in [6.07, 6.45) is 0.0632. The van der Waals surface area contributed by atoms with E-state index < -0.39 is 24.5 Å². The van der Waals surface area contributed by atoms with Gasteiger partial charge in [0.2, 0.25) is 0 Å². The number of carbonyl (C=O) groups excluding carboxylic acids is 2. The molecule has 0 saturated carbocycles. The highest BCUT2D eigenvalue weighted by atomic mass is 31.2. The normalized spacial score (nSPS) is 12.7. The van der Waals surface area contributed by atoms with Gasteiger partial charge in [-0.15, -0.1) is 0 Å². The quantitative estimate of drug-likeness (QED) is 0.478. The molecule has 0 amide bonds. The average Bonchev–Trinajstić information content (AvgIpc) is 2.59. The zero-order chi connectivity index (χ0) is 22.1. The molecule has 156 valence electrons. The van der Waals surface area contributed by atoms with E-state index in [4.69, 9.17) is 4.52 Å². The lowest BCUT2D eigenvalue weighted by Crippen LogP contribution is -2.20. The van der Waals surface area contributed by atoms with Crippen molar-refractivity contribution < 1.29 is 18.7 Å². The van der Waals surface area contributed by atoms with E-state index in [1.54, 1.807) is 34.6 Å². The lowest BCUT2D eigenvalue weighted by Gasteiger charge is -2.23. The predicted octanol–water partition coefficient (Wildman–Crippen LogP) is 6.61. The first-order valence-electron chi connectivity index (χ1n) is 9.96. The van der Waals surface area contributed by atoms with Crippen LogP contribution in [0.5, 0.6) is 0 Å². The molecule has 0 radical (unpaired) electrons. The highest BCUT2D eigenvalue weighted by molar-refractivity contribution is 7.91. The van der Waals surface area contributed by atoms with Crippen molar-refractivity contribution in [2.24, 2.45) is 0 Å². The minimum Gasteiger partial charge on any atom is -0.315 e. The van der Waals surface area contributed by atoms with Crippen LogP contribution < -0.4 is 0 Å². The molecule has 0 aliphatic carbocycles. The van der Waals surface area contributed by atoms with Gasteiger partial charge in [-0.25, -0.2) is 0 Å². The molecule has 0 N–H and O–H groups in total. The number of benzene rings is 2. The minimum atomic E-state index is -4.33. The number of hydrogen-bond donors (Lipinski definition) is 0. The maximum absolute atomic E-state index is 14.0. The first-order valence-corrected chi connectivity index (χ1v) is 11.6. The summed E-state index contributed by atoms with van der Waals surface area (Å²) in [5.74, 6) is 0. The molecule has 0 fully saturated rings. The Morgan fingerprint density at radius 1 is 0.793 bits per heavy atom. The molecule has 5 heteroatoms. The monoisotopic (exact) mass is 414 g/mol. The van der Waals surface area contributed by atoms with Gasteiger partial charge >= 0.3 is 7.37 Å². The van der Waals surface area contributed by atoms with Crippen molar-refractivity contribution in [3.63, 3.8) is 0 Å². The maximum atomic E-state index is 14.0. The summed E-state index contributed by atoms with van der Waals surface area (Å²) in [5, 5.41) is 0. The van der Waals surface area contributed by atoms with Gasteiger partial charge in [0.15, 0.2) is 0 Å². The van der Waals surface area contributed by atoms with E-state index in [2.05, 4.69) is 0 Å². The second-order valence-electron chi connectivity index (χ2n) is 8.03. The van der Waals surface area contributed by atoms with Crippen molar-refractivity contribution in [2.75, 3.05) is 0 Å². The highest BCUT2D eigenvalue weighted by Gasteiger charge is 2.45. The minimum absolute atomic E-state index is 0.318. The van der Waals surface area contributed by atoms with E-state index in [0.29, 0.717) is 39.8 Å². The number of hydrogen-bond acceptors (Lipinski definition) is 4. The van der Waals surface area contributed by atoms with Crippen LogP contribution in [0.3, 0.4) is 0 Å². The van der Waals surface area contributed by atoms with Gasteiger partial charge in [-0.1, -0.05) is 42.3 Å². The Bertz CT molecular complexity index is 900. The summed E-state index contributed by atoms with van der Waals surface area (Å²) in [6, 6.07) is 7.45. The molecule has 2 aromatic carbocycles. The zero-order valence-electron chi connectivity index (χ0n) is 18.7. The van der Waals surface area contributed by atoms with Crippen molar-refractivity contribution in [1.82, 2.24) is 0 Å². The number of rotatable bonds is 7. The van der Waals surface area contributed by atoms with E-state index in [9.17, 15) is 14.2 Å². The Kier molecular flexibility index (Phi) is 7.03. The van der Waals surface area contributed by atoms with Crippen molar-refractivity contribution in [1.29, 1.82) is 0 Å². The smallest absolute Gasteiger partial charge is 0.315 e. The number of aryl methyl sites for hydroxylation is 6. The fourth-order valence-corrected chi connectivity index (χ4v) is 6.17. The lowest BCUT2D eigenvalue weighted by molar-refractivity contribution is 0.0970. The molecule has 2 rings (SSSR count). The Balaban J connectivity index is 2.71. The van der Waals surface area contributed by atoms with Gasteiger partial charge in [-0.3, -0.25) is 14.2 Å². The molecule has 0 bridgehead atoms.